The fourth-order valence-corrected chi connectivity index (χ4v) is 3.26. The summed E-state index contributed by atoms with van der Waals surface area (Å²) in [6.07, 6.45) is 3.94. The van der Waals surface area contributed by atoms with Crippen LogP contribution in [0, 0.1) is 6.57 Å². The zero-order valence-corrected chi connectivity index (χ0v) is 8.22. The molecule has 1 aliphatic rings. The normalized spacial score (nSPS) is 34.7. The van der Waals surface area contributed by atoms with Gasteiger partial charge in [0.1, 0.15) is 0 Å². The van der Waals surface area contributed by atoms with Crippen LogP contribution < -0.4 is 0 Å². The van der Waals surface area contributed by atoms with E-state index in [1.165, 1.54) is 0 Å². The minimum absolute atomic E-state index is 0.673. The SMILES string of the molecule is [C-]#[N+]C1(C)C=CC[Si](C)(C)O1. The predicted octanol–water partition coefficient (Wildman–Crippen LogP) is 2.41. The van der Waals surface area contributed by atoms with E-state index in [2.05, 4.69) is 24.0 Å². The molecule has 60 valence electrons. The summed E-state index contributed by atoms with van der Waals surface area (Å²) in [5.74, 6) is 0. The third-order valence-electron chi connectivity index (χ3n) is 1.74. The van der Waals surface area contributed by atoms with Gasteiger partial charge in [-0.3, -0.25) is 4.85 Å². The van der Waals surface area contributed by atoms with Gasteiger partial charge < -0.3 is 4.43 Å². The zero-order valence-electron chi connectivity index (χ0n) is 7.22. The third-order valence-corrected chi connectivity index (χ3v) is 3.93. The number of rotatable bonds is 0. The lowest BCUT2D eigenvalue weighted by Gasteiger charge is -2.29. The number of hydrogen-bond donors (Lipinski definition) is 0. The van der Waals surface area contributed by atoms with Gasteiger partial charge >= 0.3 is 5.72 Å². The van der Waals surface area contributed by atoms with E-state index in [-0.39, 0.29) is 0 Å². The average molecular weight is 167 g/mol. The average Bonchev–Trinajstić information content (AvgIpc) is 1.85. The van der Waals surface area contributed by atoms with Crippen LogP contribution in [0.25, 0.3) is 4.85 Å². The van der Waals surface area contributed by atoms with Crippen LogP contribution in [0.3, 0.4) is 0 Å². The Morgan fingerprint density at radius 3 is 2.64 bits per heavy atom. The molecule has 11 heavy (non-hydrogen) atoms. The first-order chi connectivity index (χ1) is 4.97. The molecule has 0 amide bonds. The van der Waals surface area contributed by atoms with Gasteiger partial charge in [0.05, 0.1) is 0 Å². The van der Waals surface area contributed by atoms with Gasteiger partial charge in [0.25, 0.3) is 0 Å². The molecule has 2 nitrogen and oxygen atoms in total. The van der Waals surface area contributed by atoms with E-state index >= 15 is 0 Å². The lowest BCUT2D eigenvalue weighted by atomic mass is 10.2. The van der Waals surface area contributed by atoms with Gasteiger partial charge in [-0.15, -0.1) is 0 Å². The Kier molecular flexibility index (Phi) is 1.91. The molecule has 0 aromatic carbocycles. The van der Waals surface area contributed by atoms with Crippen LogP contribution in [-0.4, -0.2) is 14.0 Å². The van der Waals surface area contributed by atoms with Crippen LogP contribution in [0.5, 0.6) is 0 Å². The fraction of sp³-hybridized carbons (Fsp3) is 0.625. The van der Waals surface area contributed by atoms with Gasteiger partial charge in [-0.25, -0.2) is 6.57 Å². The van der Waals surface area contributed by atoms with E-state index in [1.807, 2.05) is 13.0 Å². The minimum atomic E-state index is -1.55. The molecule has 0 aliphatic carbocycles. The summed E-state index contributed by atoms with van der Waals surface area (Å²) in [5, 5.41) is 0. The molecular formula is C8H13NOSi. The maximum atomic E-state index is 6.94. The van der Waals surface area contributed by atoms with Gasteiger partial charge in [0.15, 0.2) is 0 Å². The molecule has 1 atom stereocenters. The molecule has 0 aromatic rings. The molecular weight excluding hydrogens is 154 g/mol. The van der Waals surface area contributed by atoms with E-state index < -0.39 is 14.0 Å². The van der Waals surface area contributed by atoms with Crippen molar-refractivity contribution in [2.24, 2.45) is 0 Å². The monoisotopic (exact) mass is 167 g/mol. The van der Waals surface area contributed by atoms with Crippen molar-refractivity contribution in [1.29, 1.82) is 0 Å². The van der Waals surface area contributed by atoms with E-state index in [0.29, 0.717) is 0 Å². The lowest BCUT2D eigenvalue weighted by molar-refractivity contribution is 0.174. The standard InChI is InChI=1S/C8H13NOSi/c1-8(9-2)6-5-7-11(3,4)10-8/h5-6H,7H2,1,3-4H3. The van der Waals surface area contributed by atoms with Crippen LogP contribution in [0.4, 0.5) is 0 Å². The molecule has 1 aliphatic heterocycles. The number of hydrogen-bond acceptors (Lipinski definition) is 1. The fourth-order valence-electron chi connectivity index (χ4n) is 1.26. The highest BCUT2D eigenvalue weighted by Gasteiger charge is 2.39. The Morgan fingerprint density at radius 1 is 1.64 bits per heavy atom. The summed E-state index contributed by atoms with van der Waals surface area (Å²) >= 11 is 0. The molecule has 3 heteroatoms. The van der Waals surface area contributed by atoms with Crippen LogP contribution in [0.1, 0.15) is 6.92 Å². The Bertz CT molecular complexity index is 229. The number of allylic oxidation sites excluding steroid dienone is 1. The molecule has 0 bridgehead atoms. The summed E-state index contributed by atoms with van der Waals surface area (Å²) in [6.45, 7) is 13.0. The first-order valence-electron chi connectivity index (χ1n) is 3.74. The topological polar surface area (TPSA) is 13.6 Å². The Balaban J connectivity index is 2.85. The Hall–Kier alpha value is -0.593. The Labute approximate surface area is 68.8 Å². The van der Waals surface area contributed by atoms with Gasteiger partial charge in [0.2, 0.25) is 8.32 Å². The highest BCUT2D eigenvalue weighted by molar-refractivity contribution is 6.71. The van der Waals surface area contributed by atoms with Gasteiger partial charge in [0, 0.05) is 13.0 Å². The summed E-state index contributed by atoms with van der Waals surface area (Å²) in [5.41, 5.74) is -0.673. The summed E-state index contributed by atoms with van der Waals surface area (Å²) in [4.78, 5) is 3.45. The zero-order chi connectivity index (χ0) is 8.54. The van der Waals surface area contributed by atoms with Gasteiger partial charge in [-0.2, -0.15) is 0 Å². The van der Waals surface area contributed by atoms with Crippen molar-refractivity contribution in [2.75, 3.05) is 0 Å². The second-order valence-corrected chi connectivity index (χ2v) is 7.77. The second-order valence-electron chi connectivity index (χ2n) is 3.63. The summed E-state index contributed by atoms with van der Waals surface area (Å²) in [7, 11) is -1.55. The molecule has 0 saturated heterocycles. The van der Waals surface area contributed by atoms with Crippen molar-refractivity contribution in [3.05, 3.63) is 23.6 Å². The maximum Gasteiger partial charge on any atom is 0.345 e. The molecule has 1 unspecified atom stereocenters. The maximum absolute atomic E-state index is 6.94. The molecule has 0 spiro atoms. The van der Waals surface area contributed by atoms with Crippen LogP contribution in [-0.2, 0) is 4.43 Å². The van der Waals surface area contributed by atoms with Crippen molar-refractivity contribution >= 4 is 8.32 Å². The minimum Gasteiger partial charge on any atom is -0.347 e. The third kappa shape index (κ3) is 1.92. The van der Waals surface area contributed by atoms with Crippen LogP contribution in [0.15, 0.2) is 12.2 Å². The predicted molar refractivity (Wildman–Crippen MR) is 47.5 cm³/mol. The lowest BCUT2D eigenvalue weighted by Crippen LogP contribution is -2.41. The van der Waals surface area contributed by atoms with E-state index in [1.54, 1.807) is 0 Å². The number of nitrogens with zero attached hydrogens (tertiary/aromatic N) is 1. The first-order valence-corrected chi connectivity index (χ1v) is 6.85. The van der Waals surface area contributed by atoms with Crippen molar-refractivity contribution in [2.45, 2.75) is 31.8 Å². The molecule has 0 radical (unpaired) electrons. The van der Waals surface area contributed by atoms with Gasteiger partial charge in [-0.05, 0) is 19.1 Å². The highest BCUT2D eigenvalue weighted by atomic mass is 28.4. The van der Waals surface area contributed by atoms with Gasteiger partial charge in [-0.1, -0.05) is 6.08 Å². The first kappa shape index (κ1) is 8.50. The molecule has 0 fully saturated rings. The van der Waals surface area contributed by atoms with Crippen molar-refractivity contribution < 1.29 is 4.43 Å². The Morgan fingerprint density at radius 2 is 2.27 bits per heavy atom. The van der Waals surface area contributed by atoms with Crippen molar-refractivity contribution in [1.82, 2.24) is 0 Å². The van der Waals surface area contributed by atoms with Crippen LogP contribution >= 0.6 is 0 Å². The quantitative estimate of drug-likeness (QED) is 0.307. The molecule has 0 aromatic heterocycles. The van der Waals surface area contributed by atoms with Crippen molar-refractivity contribution in [3.63, 3.8) is 0 Å². The van der Waals surface area contributed by atoms with Crippen molar-refractivity contribution in [3.8, 4) is 0 Å². The molecule has 1 rings (SSSR count). The molecule has 0 saturated carbocycles. The van der Waals surface area contributed by atoms with Crippen LogP contribution in [0.2, 0.25) is 19.1 Å². The molecule has 0 N–H and O–H groups in total. The van der Waals surface area contributed by atoms with E-state index in [0.717, 1.165) is 6.04 Å². The molecule has 1 heterocycles. The van der Waals surface area contributed by atoms with E-state index in [9.17, 15) is 0 Å². The largest absolute Gasteiger partial charge is 0.347 e. The smallest absolute Gasteiger partial charge is 0.345 e. The summed E-state index contributed by atoms with van der Waals surface area (Å²) < 4.78 is 5.71. The summed E-state index contributed by atoms with van der Waals surface area (Å²) in [6, 6.07) is 1.03. The van der Waals surface area contributed by atoms with E-state index in [4.69, 9.17) is 11.0 Å². The second kappa shape index (κ2) is 2.47. The highest BCUT2D eigenvalue weighted by Crippen LogP contribution is 2.28.